The van der Waals surface area contributed by atoms with E-state index in [9.17, 15) is 24.3 Å². The van der Waals surface area contributed by atoms with E-state index in [-0.39, 0.29) is 30.2 Å². The zero-order chi connectivity index (χ0) is 25.1. The number of benzene rings is 2. The highest BCUT2D eigenvalue weighted by molar-refractivity contribution is 5.92. The molecule has 0 saturated heterocycles. The number of carboxylic acid groups (broad SMARTS) is 1. The average molecular weight is 476 g/mol. The van der Waals surface area contributed by atoms with Gasteiger partial charge in [-0.1, -0.05) is 50.2 Å². The van der Waals surface area contributed by atoms with Gasteiger partial charge in [-0.05, 0) is 29.2 Å². The monoisotopic (exact) mass is 475 g/mol. The van der Waals surface area contributed by atoms with Crippen molar-refractivity contribution in [3.05, 3.63) is 114 Å². The molecule has 0 unspecified atom stereocenters. The predicted octanol–water partition coefficient (Wildman–Crippen LogP) is 2.96. The lowest BCUT2D eigenvalue weighted by Crippen LogP contribution is -2.36. The summed E-state index contributed by atoms with van der Waals surface area (Å²) in [6.07, 6.45) is 1.56. The minimum Gasteiger partial charge on any atom is -0.477 e. The van der Waals surface area contributed by atoms with Crippen molar-refractivity contribution in [3.8, 4) is 0 Å². The summed E-state index contributed by atoms with van der Waals surface area (Å²) in [6, 6.07) is 14.5. The Kier molecular flexibility index (Phi) is 6.79. The van der Waals surface area contributed by atoms with Crippen LogP contribution in [0.1, 0.15) is 52.5 Å². The maximum Gasteiger partial charge on any atom is 0.341 e. The van der Waals surface area contributed by atoms with Gasteiger partial charge in [-0.2, -0.15) is 0 Å². The van der Waals surface area contributed by atoms with Crippen molar-refractivity contribution in [1.29, 1.82) is 0 Å². The molecule has 2 aromatic heterocycles. The quantitative estimate of drug-likeness (QED) is 0.359. The lowest BCUT2D eigenvalue weighted by atomic mass is 9.98. The van der Waals surface area contributed by atoms with Crippen LogP contribution >= 0.6 is 0 Å². The summed E-state index contributed by atoms with van der Waals surface area (Å²) in [5.41, 5.74) is 1.30. The Morgan fingerprint density at radius 2 is 1.80 bits per heavy atom. The summed E-state index contributed by atoms with van der Waals surface area (Å²) >= 11 is 0. The summed E-state index contributed by atoms with van der Waals surface area (Å²) in [7, 11) is 0. The van der Waals surface area contributed by atoms with Crippen LogP contribution in [-0.2, 0) is 24.5 Å². The molecule has 2 heterocycles. The third-order valence-corrected chi connectivity index (χ3v) is 5.80. The number of carboxylic acids is 1. The standard InChI is InChI=1S/C26H25N3O6/c1-15(2)22-21(11-16-6-4-3-5-7-16)29(26(34)28-24(22)31)14-35-13-17-8-9-20-18(10-17)23(30)19(12-27-20)25(32)33/h3-10,12,15H,11,13-14H2,1-2H3,(H,27,30)(H,32,33)(H,28,31,34). The van der Waals surface area contributed by atoms with Gasteiger partial charge in [0.1, 0.15) is 12.3 Å². The van der Waals surface area contributed by atoms with Crippen molar-refractivity contribution in [1.82, 2.24) is 14.5 Å². The van der Waals surface area contributed by atoms with E-state index in [4.69, 9.17) is 4.74 Å². The molecule has 0 aliphatic carbocycles. The van der Waals surface area contributed by atoms with Crippen molar-refractivity contribution in [2.45, 2.75) is 39.5 Å². The number of pyridine rings is 1. The SMILES string of the molecule is CC(C)c1c(Cc2ccccc2)n(COCc2ccc3[nH]cc(C(=O)O)c(=O)c3c2)c(=O)[nH]c1=O. The minimum absolute atomic E-state index is 0.0695. The number of hydrogen-bond acceptors (Lipinski definition) is 5. The lowest BCUT2D eigenvalue weighted by molar-refractivity contribution is 0.0589. The number of carbonyl (C=O) groups is 1. The van der Waals surface area contributed by atoms with Crippen molar-refractivity contribution < 1.29 is 14.6 Å². The molecule has 0 saturated carbocycles. The second-order valence-corrected chi connectivity index (χ2v) is 8.56. The second kappa shape index (κ2) is 9.94. The van der Waals surface area contributed by atoms with Gasteiger partial charge in [0.15, 0.2) is 0 Å². The topological polar surface area (TPSA) is 134 Å². The molecule has 180 valence electrons. The summed E-state index contributed by atoms with van der Waals surface area (Å²) < 4.78 is 7.24. The number of aromatic carboxylic acids is 1. The maximum atomic E-state index is 12.7. The maximum absolute atomic E-state index is 12.7. The number of ether oxygens (including phenoxy) is 1. The smallest absolute Gasteiger partial charge is 0.341 e. The van der Waals surface area contributed by atoms with Gasteiger partial charge in [-0.15, -0.1) is 0 Å². The van der Waals surface area contributed by atoms with Crippen molar-refractivity contribution in [2.75, 3.05) is 0 Å². The van der Waals surface area contributed by atoms with Crippen LogP contribution in [0.15, 0.2) is 69.1 Å². The largest absolute Gasteiger partial charge is 0.477 e. The van der Waals surface area contributed by atoms with Gasteiger partial charge >= 0.3 is 11.7 Å². The summed E-state index contributed by atoms with van der Waals surface area (Å²) in [4.78, 5) is 54.3. The number of H-pyrrole nitrogens is 2. The fourth-order valence-electron chi connectivity index (χ4n) is 4.11. The third-order valence-electron chi connectivity index (χ3n) is 5.80. The van der Waals surface area contributed by atoms with Crippen LogP contribution in [0.4, 0.5) is 0 Å². The Bertz CT molecular complexity index is 1560. The number of fused-ring (bicyclic) bond motifs is 1. The number of aromatic amines is 2. The highest BCUT2D eigenvalue weighted by Gasteiger charge is 2.18. The lowest BCUT2D eigenvalue weighted by Gasteiger charge is -2.18. The van der Waals surface area contributed by atoms with E-state index >= 15 is 0 Å². The molecule has 0 aliphatic rings. The molecule has 0 radical (unpaired) electrons. The van der Waals surface area contributed by atoms with Crippen LogP contribution in [0.5, 0.6) is 0 Å². The van der Waals surface area contributed by atoms with Crippen molar-refractivity contribution in [3.63, 3.8) is 0 Å². The first kappa shape index (κ1) is 23.9. The number of hydrogen-bond donors (Lipinski definition) is 3. The molecule has 9 nitrogen and oxygen atoms in total. The molecule has 0 fully saturated rings. The van der Waals surface area contributed by atoms with Gasteiger partial charge in [0.2, 0.25) is 5.43 Å². The number of nitrogens with zero attached hydrogens (tertiary/aromatic N) is 1. The predicted molar refractivity (Wildman–Crippen MR) is 131 cm³/mol. The Hall–Kier alpha value is -4.24. The van der Waals surface area contributed by atoms with Gasteiger partial charge < -0.3 is 14.8 Å². The molecule has 2 aromatic carbocycles. The van der Waals surface area contributed by atoms with Gasteiger partial charge in [-0.25, -0.2) is 9.59 Å². The van der Waals surface area contributed by atoms with Gasteiger partial charge in [0.05, 0.1) is 6.61 Å². The van der Waals surface area contributed by atoms with Crippen LogP contribution in [0.3, 0.4) is 0 Å². The molecule has 0 bridgehead atoms. The molecule has 0 atom stereocenters. The van der Waals surface area contributed by atoms with Crippen LogP contribution < -0.4 is 16.7 Å². The van der Waals surface area contributed by atoms with Gasteiger partial charge in [0, 0.05) is 34.8 Å². The Morgan fingerprint density at radius 3 is 2.49 bits per heavy atom. The number of aromatic nitrogens is 3. The molecule has 4 aromatic rings. The van der Waals surface area contributed by atoms with E-state index in [0.717, 1.165) is 5.56 Å². The molecule has 9 heteroatoms. The van der Waals surface area contributed by atoms with Crippen LogP contribution in [-0.4, -0.2) is 25.6 Å². The first-order valence-corrected chi connectivity index (χ1v) is 11.1. The van der Waals surface area contributed by atoms with E-state index in [0.29, 0.717) is 28.8 Å². The van der Waals surface area contributed by atoms with Crippen molar-refractivity contribution in [2.24, 2.45) is 0 Å². The highest BCUT2D eigenvalue weighted by atomic mass is 16.5. The van der Waals surface area contributed by atoms with E-state index in [1.54, 1.807) is 18.2 Å². The summed E-state index contributed by atoms with van der Waals surface area (Å²) in [5, 5.41) is 9.43. The normalized spacial score (nSPS) is 11.3. The molecular formula is C26H25N3O6. The highest BCUT2D eigenvalue weighted by Crippen LogP contribution is 2.18. The summed E-state index contributed by atoms with van der Waals surface area (Å²) in [6.45, 7) is 3.75. The zero-order valence-corrected chi connectivity index (χ0v) is 19.3. The average Bonchev–Trinajstić information content (AvgIpc) is 2.81. The van der Waals surface area contributed by atoms with Crippen LogP contribution in [0.2, 0.25) is 0 Å². The van der Waals surface area contributed by atoms with E-state index < -0.39 is 22.6 Å². The second-order valence-electron chi connectivity index (χ2n) is 8.56. The molecule has 4 rings (SSSR count). The van der Waals surface area contributed by atoms with Gasteiger partial charge in [-0.3, -0.25) is 19.1 Å². The number of rotatable bonds is 8. The van der Waals surface area contributed by atoms with Crippen LogP contribution in [0, 0.1) is 0 Å². The molecule has 0 aliphatic heterocycles. The first-order chi connectivity index (χ1) is 16.8. The Labute approximate surface area is 199 Å². The van der Waals surface area contributed by atoms with Crippen molar-refractivity contribution >= 4 is 16.9 Å². The number of nitrogens with one attached hydrogen (secondary N) is 2. The van der Waals surface area contributed by atoms with Gasteiger partial charge in [0.25, 0.3) is 5.56 Å². The van der Waals surface area contributed by atoms with E-state index in [1.165, 1.54) is 10.8 Å². The van der Waals surface area contributed by atoms with E-state index in [2.05, 4.69) is 9.97 Å². The van der Waals surface area contributed by atoms with E-state index in [1.807, 2.05) is 44.2 Å². The third kappa shape index (κ3) is 4.99. The Morgan fingerprint density at radius 1 is 1.06 bits per heavy atom. The first-order valence-electron chi connectivity index (χ1n) is 11.1. The molecule has 35 heavy (non-hydrogen) atoms. The molecular weight excluding hydrogens is 450 g/mol. The zero-order valence-electron chi connectivity index (χ0n) is 19.3. The molecule has 0 spiro atoms. The van der Waals surface area contributed by atoms with Crippen LogP contribution in [0.25, 0.3) is 10.9 Å². The Balaban J connectivity index is 1.64. The fourth-order valence-corrected chi connectivity index (χ4v) is 4.11. The fraction of sp³-hybridized carbons (Fsp3) is 0.231. The minimum atomic E-state index is -1.31. The molecule has 0 amide bonds. The molecule has 3 N–H and O–H groups in total. The summed E-state index contributed by atoms with van der Waals surface area (Å²) in [5.74, 6) is -1.42.